The molecule has 0 bridgehead atoms. The molecule has 2 aliphatic carbocycles. The molecule has 4 amide bonds. The average molecular weight is 783 g/mol. The van der Waals surface area contributed by atoms with Gasteiger partial charge in [0, 0.05) is 55.4 Å². The van der Waals surface area contributed by atoms with Crippen molar-refractivity contribution in [3.8, 4) is 0 Å². The second kappa shape index (κ2) is 18.9. The van der Waals surface area contributed by atoms with E-state index >= 15 is 0 Å². The molecule has 0 unspecified atom stereocenters. The maximum atomic E-state index is 14.6. The van der Waals surface area contributed by atoms with E-state index in [2.05, 4.69) is 39.7 Å². The van der Waals surface area contributed by atoms with Crippen LogP contribution < -0.4 is 15.4 Å². The van der Waals surface area contributed by atoms with Crippen LogP contribution in [-0.2, 0) is 32.2 Å². The normalized spacial score (nSPS) is 29.1. The third-order valence-electron chi connectivity index (χ3n) is 12.0. The van der Waals surface area contributed by atoms with Crippen LogP contribution in [0.25, 0.3) is 0 Å². The van der Waals surface area contributed by atoms with Gasteiger partial charge in [0.25, 0.3) is 0 Å². The van der Waals surface area contributed by atoms with Crippen LogP contribution in [0, 0.1) is 11.7 Å². The van der Waals surface area contributed by atoms with E-state index in [0.717, 1.165) is 83.7 Å². The number of nitrogens with one attached hydrogen (secondary N) is 3. The lowest BCUT2D eigenvalue weighted by Crippen LogP contribution is -2.56. The van der Waals surface area contributed by atoms with Gasteiger partial charge in [-0.2, -0.15) is 0 Å². The second-order valence-electron chi connectivity index (χ2n) is 15.8. The third kappa shape index (κ3) is 10.2. The number of nitrogens with zero attached hydrogens (tertiary/aromatic N) is 3. The molecule has 5 aliphatic rings. The standard InChI is InChI=1S/C41H59FN6O6S/c1-4-30-24-41(30)28(3)45-55-47(5-2)22-15-11-9-7-6-8-10-12-21-35(43-39(51)53-31-18-13-14-19-31)38(50)48-26-32(23-36(48)37(49)44-41)54-40(52)46-25-29-17-16-20-34(42)33(29)27-46/h4,16-17,20,30-32,35-36,45H,1,3,5-15,18-19,21-27H2,2H3,(H,43,51)(H,44,49)/t30-,32-,35+,36+,41+/m1/s1. The largest absolute Gasteiger partial charge is 0.446 e. The predicted octanol–water partition coefficient (Wildman–Crippen LogP) is 6.86. The quantitative estimate of drug-likeness (QED) is 0.217. The minimum atomic E-state index is -0.988. The lowest BCUT2D eigenvalue weighted by Gasteiger charge is -2.31. The van der Waals surface area contributed by atoms with Crippen molar-refractivity contribution in [2.75, 3.05) is 19.6 Å². The van der Waals surface area contributed by atoms with Crippen LogP contribution in [0.4, 0.5) is 14.0 Å². The highest BCUT2D eigenvalue weighted by Gasteiger charge is 2.57. The van der Waals surface area contributed by atoms with Gasteiger partial charge in [-0.15, -0.1) is 6.58 Å². The average Bonchev–Trinajstić information content (AvgIpc) is 3.58. The van der Waals surface area contributed by atoms with Crippen LogP contribution in [0.1, 0.15) is 114 Å². The zero-order valence-electron chi connectivity index (χ0n) is 32.3. The molecule has 5 atom stereocenters. The summed E-state index contributed by atoms with van der Waals surface area (Å²) in [6.07, 6.45) is 12.5. The minimum Gasteiger partial charge on any atom is -0.446 e. The fraction of sp³-hybridized carbons (Fsp3) is 0.659. The summed E-state index contributed by atoms with van der Waals surface area (Å²) < 4.78 is 31.8. The summed E-state index contributed by atoms with van der Waals surface area (Å²) in [5.41, 5.74) is 1.01. The molecule has 6 rings (SSSR count). The first-order valence-corrected chi connectivity index (χ1v) is 21.2. The molecule has 3 aliphatic heterocycles. The molecule has 2 saturated carbocycles. The predicted molar refractivity (Wildman–Crippen MR) is 210 cm³/mol. The Morgan fingerprint density at radius 2 is 1.71 bits per heavy atom. The van der Waals surface area contributed by atoms with Gasteiger partial charge in [0.05, 0.1) is 18.6 Å². The lowest BCUT2D eigenvalue weighted by atomic mass is 10.0. The van der Waals surface area contributed by atoms with Crippen LogP contribution in [0.15, 0.2) is 43.1 Å². The summed E-state index contributed by atoms with van der Waals surface area (Å²) in [6.45, 7) is 12.5. The first kappa shape index (κ1) is 40.9. The molecule has 4 fully saturated rings. The first-order chi connectivity index (χ1) is 26.6. The molecular weight excluding hydrogens is 724 g/mol. The van der Waals surface area contributed by atoms with Crippen molar-refractivity contribution >= 4 is 36.1 Å². The maximum Gasteiger partial charge on any atom is 0.410 e. The number of amides is 4. The van der Waals surface area contributed by atoms with E-state index in [0.29, 0.717) is 36.1 Å². The molecule has 302 valence electrons. The van der Waals surface area contributed by atoms with Crippen molar-refractivity contribution in [2.45, 2.75) is 146 Å². The van der Waals surface area contributed by atoms with E-state index in [1.54, 1.807) is 12.1 Å². The Kier molecular flexibility index (Phi) is 14.0. The molecule has 14 heteroatoms. The van der Waals surface area contributed by atoms with Crippen LogP contribution >= 0.6 is 12.1 Å². The van der Waals surface area contributed by atoms with Crippen LogP contribution in [0.5, 0.6) is 0 Å². The van der Waals surface area contributed by atoms with Gasteiger partial charge >= 0.3 is 12.2 Å². The first-order valence-electron chi connectivity index (χ1n) is 20.4. The highest BCUT2D eigenvalue weighted by Crippen LogP contribution is 2.49. The van der Waals surface area contributed by atoms with Gasteiger partial charge < -0.3 is 29.7 Å². The van der Waals surface area contributed by atoms with E-state index in [4.69, 9.17) is 9.47 Å². The molecule has 1 spiro atoms. The molecule has 3 N–H and O–H groups in total. The van der Waals surface area contributed by atoms with E-state index in [1.807, 2.05) is 6.08 Å². The topological polar surface area (TPSA) is 133 Å². The van der Waals surface area contributed by atoms with Crippen molar-refractivity contribution in [1.29, 1.82) is 0 Å². The van der Waals surface area contributed by atoms with E-state index in [1.165, 1.54) is 28.0 Å². The number of carbonyl (C=O) groups is 4. The van der Waals surface area contributed by atoms with E-state index < -0.39 is 47.7 Å². The van der Waals surface area contributed by atoms with Crippen molar-refractivity contribution in [3.63, 3.8) is 0 Å². The monoisotopic (exact) mass is 782 g/mol. The van der Waals surface area contributed by atoms with Gasteiger partial charge in [-0.25, -0.2) is 18.3 Å². The Balaban J connectivity index is 1.22. The second-order valence-corrected chi connectivity index (χ2v) is 16.7. The number of carbonyl (C=O) groups excluding carboxylic acids is 4. The molecule has 1 aromatic carbocycles. The van der Waals surface area contributed by atoms with Crippen LogP contribution in [0.3, 0.4) is 0 Å². The van der Waals surface area contributed by atoms with Gasteiger partial charge in [0.1, 0.15) is 30.1 Å². The fourth-order valence-corrected chi connectivity index (χ4v) is 9.28. The number of alkyl carbamates (subject to hydrolysis) is 1. The smallest absolute Gasteiger partial charge is 0.410 e. The Morgan fingerprint density at radius 1 is 1.00 bits per heavy atom. The Morgan fingerprint density at radius 3 is 2.40 bits per heavy atom. The van der Waals surface area contributed by atoms with Gasteiger partial charge in [0.2, 0.25) is 11.8 Å². The Bertz CT molecular complexity index is 1580. The summed E-state index contributed by atoms with van der Waals surface area (Å²) >= 11 is 1.49. The highest BCUT2D eigenvalue weighted by molar-refractivity contribution is 7.95. The summed E-state index contributed by atoms with van der Waals surface area (Å²) in [7, 11) is 0. The Hall–Kier alpha value is -3.78. The summed E-state index contributed by atoms with van der Waals surface area (Å²) in [4.78, 5) is 58.6. The van der Waals surface area contributed by atoms with Crippen LogP contribution in [-0.4, -0.2) is 87.6 Å². The summed E-state index contributed by atoms with van der Waals surface area (Å²) in [5.74, 6) is -1.26. The molecular formula is C41H59FN6O6S. The van der Waals surface area contributed by atoms with Crippen molar-refractivity contribution in [3.05, 3.63) is 60.1 Å². The molecule has 3 heterocycles. The number of halogens is 1. The zero-order valence-corrected chi connectivity index (χ0v) is 33.1. The van der Waals surface area contributed by atoms with Gasteiger partial charge in [-0.1, -0.05) is 76.7 Å². The molecule has 12 nitrogen and oxygen atoms in total. The van der Waals surface area contributed by atoms with Crippen molar-refractivity contribution in [2.24, 2.45) is 5.92 Å². The fourth-order valence-electron chi connectivity index (χ4n) is 8.51. The number of hydrogen-bond acceptors (Lipinski definition) is 9. The number of benzene rings is 1. The molecule has 1 aromatic rings. The number of fused-ring (bicyclic) bond motifs is 2. The highest BCUT2D eigenvalue weighted by atomic mass is 32.2. The minimum absolute atomic E-state index is 0.0357. The maximum absolute atomic E-state index is 14.6. The molecule has 55 heavy (non-hydrogen) atoms. The van der Waals surface area contributed by atoms with Crippen molar-refractivity contribution in [1.82, 2.24) is 29.5 Å². The molecule has 0 radical (unpaired) electrons. The van der Waals surface area contributed by atoms with Crippen LogP contribution in [0.2, 0.25) is 0 Å². The summed E-state index contributed by atoms with van der Waals surface area (Å²) in [5, 5.41) is 6.08. The number of hydrogen-bond donors (Lipinski definition) is 3. The number of rotatable bonds is 5. The zero-order chi connectivity index (χ0) is 39.0. The summed E-state index contributed by atoms with van der Waals surface area (Å²) in [6, 6.07) is 2.86. The van der Waals surface area contributed by atoms with E-state index in [-0.39, 0.29) is 43.9 Å². The van der Waals surface area contributed by atoms with E-state index in [9.17, 15) is 23.6 Å². The third-order valence-corrected chi connectivity index (χ3v) is 13.0. The molecule has 0 aromatic heterocycles. The number of ether oxygens (including phenoxy) is 2. The van der Waals surface area contributed by atoms with Gasteiger partial charge in [-0.05, 0) is 56.6 Å². The Labute approximate surface area is 329 Å². The van der Waals surface area contributed by atoms with Crippen molar-refractivity contribution < 1.29 is 33.0 Å². The molecule has 2 saturated heterocycles. The van der Waals surface area contributed by atoms with Gasteiger partial charge in [0.15, 0.2) is 0 Å². The van der Waals surface area contributed by atoms with Gasteiger partial charge in [-0.3, -0.25) is 14.5 Å². The SMILES string of the molecule is C=C[C@@H]1C[C@@]12NC(=O)[C@@H]1C[C@@H](OC(=O)N3Cc4cccc(F)c4C3)CN1C(=O)[C@@H](NC(=O)OC1CCCC1)CCCCCCCCCCN(CC)SNC2=C. The lowest BCUT2D eigenvalue weighted by molar-refractivity contribution is -0.140.